The lowest BCUT2D eigenvalue weighted by atomic mass is 10.1. The molecule has 0 aliphatic heterocycles. The van der Waals surface area contributed by atoms with Crippen molar-refractivity contribution in [3.63, 3.8) is 0 Å². The van der Waals surface area contributed by atoms with Crippen molar-refractivity contribution >= 4 is 21.6 Å². The number of carbonyl (C=O) groups is 1. The number of rotatable bonds is 6. The van der Waals surface area contributed by atoms with E-state index in [1.165, 1.54) is 26.2 Å². The van der Waals surface area contributed by atoms with Crippen molar-refractivity contribution < 1.29 is 17.9 Å². The van der Waals surface area contributed by atoms with E-state index in [0.29, 0.717) is 11.4 Å². The number of ether oxygens (including phenoxy) is 1. The fraction of sp³-hybridized carbons (Fsp3) is 0.278. The van der Waals surface area contributed by atoms with Crippen molar-refractivity contribution in [2.45, 2.75) is 18.2 Å². The Morgan fingerprint density at radius 2 is 1.76 bits per heavy atom. The van der Waals surface area contributed by atoms with Gasteiger partial charge in [-0.25, -0.2) is 12.7 Å². The number of hydrogen-bond donors (Lipinski definition) is 1. The molecule has 0 unspecified atom stereocenters. The quantitative estimate of drug-likeness (QED) is 0.856. The average molecular weight is 362 g/mol. The van der Waals surface area contributed by atoms with Crippen LogP contribution in [0.15, 0.2) is 47.4 Å². The first-order valence-electron chi connectivity index (χ1n) is 7.70. The summed E-state index contributed by atoms with van der Waals surface area (Å²) >= 11 is 0. The summed E-state index contributed by atoms with van der Waals surface area (Å²) in [7, 11) is 1.03. The lowest BCUT2D eigenvalue weighted by Gasteiger charge is -2.12. The van der Waals surface area contributed by atoms with Crippen molar-refractivity contribution in [3.05, 3.63) is 53.6 Å². The zero-order valence-corrected chi connectivity index (χ0v) is 15.6. The molecule has 1 amide bonds. The van der Waals surface area contributed by atoms with E-state index in [2.05, 4.69) is 5.32 Å². The van der Waals surface area contributed by atoms with Crippen molar-refractivity contribution in [2.24, 2.45) is 0 Å². The van der Waals surface area contributed by atoms with E-state index < -0.39 is 10.0 Å². The minimum absolute atomic E-state index is 0.169. The minimum Gasteiger partial charge on any atom is -0.496 e. The molecule has 6 nitrogen and oxygen atoms in total. The topological polar surface area (TPSA) is 75.7 Å². The Bertz CT molecular complexity index is 859. The predicted molar refractivity (Wildman–Crippen MR) is 97.4 cm³/mol. The molecule has 0 aliphatic carbocycles. The van der Waals surface area contributed by atoms with Crippen LogP contribution in [0.5, 0.6) is 5.75 Å². The zero-order valence-electron chi connectivity index (χ0n) is 14.7. The molecule has 7 heteroatoms. The summed E-state index contributed by atoms with van der Waals surface area (Å²) in [6, 6.07) is 11.7. The molecule has 0 fully saturated rings. The van der Waals surface area contributed by atoms with E-state index in [-0.39, 0.29) is 17.2 Å². The molecule has 25 heavy (non-hydrogen) atoms. The van der Waals surface area contributed by atoms with Gasteiger partial charge in [0.25, 0.3) is 0 Å². The highest BCUT2D eigenvalue weighted by Crippen LogP contribution is 2.21. The fourth-order valence-electron chi connectivity index (χ4n) is 2.34. The molecule has 0 heterocycles. The molecule has 2 aromatic carbocycles. The molecule has 0 aliphatic rings. The molecule has 0 spiro atoms. The second kappa shape index (κ2) is 7.67. The third kappa shape index (κ3) is 4.58. The number of methoxy groups -OCH3 is 1. The van der Waals surface area contributed by atoms with Gasteiger partial charge in [0.2, 0.25) is 15.9 Å². The van der Waals surface area contributed by atoms with Crippen LogP contribution < -0.4 is 10.1 Å². The standard InChI is InChI=1S/C18H22N2O4S/c1-13-5-10-17(24-4)14(11-13)12-18(21)19-15-6-8-16(9-7-15)25(22,23)20(2)3/h5-11H,12H2,1-4H3,(H,19,21). The smallest absolute Gasteiger partial charge is 0.242 e. The van der Waals surface area contributed by atoms with Crippen molar-refractivity contribution in [2.75, 3.05) is 26.5 Å². The molecule has 0 saturated heterocycles. The van der Waals surface area contributed by atoms with Crippen LogP contribution in [0.4, 0.5) is 5.69 Å². The number of anilines is 1. The Hall–Kier alpha value is -2.38. The van der Waals surface area contributed by atoms with E-state index >= 15 is 0 Å². The van der Waals surface area contributed by atoms with Gasteiger partial charge < -0.3 is 10.1 Å². The highest BCUT2D eigenvalue weighted by Gasteiger charge is 2.17. The summed E-state index contributed by atoms with van der Waals surface area (Å²) < 4.78 is 30.5. The number of amides is 1. The molecule has 2 aromatic rings. The Morgan fingerprint density at radius 3 is 2.32 bits per heavy atom. The lowest BCUT2D eigenvalue weighted by molar-refractivity contribution is -0.115. The van der Waals surface area contributed by atoms with Crippen LogP contribution in [0.2, 0.25) is 0 Å². The van der Waals surface area contributed by atoms with Gasteiger partial charge in [-0.15, -0.1) is 0 Å². The van der Waals surface area contributed by atoms with Crippen LogP contribution in [0.1, 0.15) is 11.1 Å². The third-order valence-electron chi connectivity index (χ3n) is 3.70. The predicted octanol–water partition coefficient (Wildman–Crippen LogP) is 2.44. The molecule has 0 atom stereocenters. The molecular weight excluding hydrogens is 340 g/mol. The molecule has 0 aromatic heterocycles. The third-order valence-corrected chi connectivity index (χ3v) is 5.53. The normalized spacial score (nSPS) is 11.4. The van der Waals surface area contributed by atoms with Crippen LogP contribution in [-0.4, -0.2) is 39.8 Å². The largest absolute Gasteiger partial charge is 0.496 e. The monoisotopic (exact) mass is 362 g/mol. The van der Waals surface area contributed by atoms with Gasteiger partial charge in [0.05, 0.1) is 18.4 Å². The summed E-state index contributed by atoms with van der Waals surface area (Å²) in [6.07, 6.45) is 0.169. The van der Waals surface area contributed by atoms with Crippen molar-refractivity contribution in [3.8, 4) is 5.75 Å². The summed E-state index contributed by atoms with van der Waals surface area (Å²) in [5.74, 6) is 0.459. The summed E-state index contributed by atoms with van der Waals surface area (Å²) in [5.41, 5.74) is 2.38. The maximum Gasteiger partial charge on any atom is 0.242 e. The Balaban J connectivity index is 2.10. The highest BCUT2D eigenvalue weighted by atomic mass is 32.2. The van der Waals surface area contributed by atoms with E-state index in [1.54, 1.807) is 19.2 Å². The number of benzene rings is 2. The van der Waals surface area contributed by atoms with Gasteiger partial charge in [-0.1, -0.05) is 17.7 Å². The second-order valence-electron chi connectivity index (χ2n) is 5.85. The molecule has 134 valence electrons. The van der Waals surface area contributed by atoms with Gasteiger partial charge in [0, 0.05) is 25.3 Å². The first kappa shape index (κ1) is 19.0. The van der Waals surface area contributed by atoms with Gasteiger partial charge in [-0.2, -0.15) is 0 Å². The van der Waals surface area contributed by atoms with Crippen LogP contribution >= 0.6 is 0 Å². The lowest BCUT2D eigenvalue weighted by Crippen LogP contribution is -2.22. The van der Waals surface area contributed by atoms with Gasteiger partial charge in [0.1, 0.15) is 5.75 Å². The summed E-state index contributed by atoms with van der Waals surface area (Å²) in [4.78, 5) is 12.4. The minimum atomic E-state index is -3.48. The Kier molecular flexibility index (Phi) is 5.81. The number of sulfonamides is 1. The van der Waals surface area contributed by atoms with Crippen LogP contribution in [0.3, 0.4) is 0 Å². The number of nitrogens with one attached hydrogen (secondary N) is 1. The molecule has 0 saturated carbocycles. The van der Waals surface area contributed by atoms with E-state index in [1.807, 2.05) is 25.1 Å². The van der Waals surface area contributed by atoms with E-state index in [0.717, 1.165) is 15.4 Å². The van der Waals surface area contributed by atoms with E-state index in [9.17, 15) is 13.2 Å². The number of carbonyl (C=O) groups excluding carboxylic acids is 1. The number of nitrogens with zero attached hydrogens (tertiary/aromatic N) is 1. The molecule has 0 bridgehead atoms. The molecule has 0 radical (unpaired) electrons. The highest BCUT2D eigenvalue weighted by molar-refractivity contribution is 7.89. The number of aryl methyl sites for hydroxylation is 1. The van der Waals surface area contributed by atoms with Crippen LogP contribution in [-0.2, 0) is 21.2 Å². The molecule has 1 N–H and O–H groups in total. The van der Waals surface area contributed by atoms with Gasteiger partial charge in [-0.3, -0.25) is 4.79 Å². The number of hydrogen-bond acceptors (Lipinski definition) is 4. The first-order valence-corrected chi connectivity index (χ1v) is 9.14. The fourth-order valence-corrected chi connectivity index (χ4v) is 3.25. The molecular formula is C18H22N2O4S. The maximum atomic E-state index is 12.3. The maximum absolute atomic E-state index is 12.3. The van der Waals surface area contributed by atoms with E-state index in [4.69, 9.17) is 4.74 Å². The Morgan fingerprint density at radius 1 is 1.12 bits per heavy atom. The first-order chi connectivity index (χ1) is 11.7. The summed E-state index contributed by atoms with van der Waals surface area (Å²) in [5, 5.41) is 2.77. The van der Waals surface area contributed by atoms with Crippen LogP contribution in [0.25, 0.3) is 0 Å². The van der Waals surface area contributed by atoms with Gasteiger partial charge >= 0.3 is 0 Å². The zero-order chi connectivity index (χ0) is 18.6. The van der Waals surface area contributed by atoms with Gasteiger partial charge in [0.15, 0.2) is 0 Å². The second-order valence-corrected chi connectivity index (χ2v) is 8.00. The average Bonchev–Trinajstić information content (AvgIpc) is 2.55. The van der Waals surface area contributed by atoms with Crippen LogP contribution in [0, 0.1) is 6.92 Å². The Labute approximate surface area is 148 Å². The van der Waals surface area contributed by atoms with Gasteiger partial charge in [-0.05, 0) is 37.3 Å². The molecule has 2 rings (SSSR count). The SMILES string of the molecule is COc1ccc(C)cc1CC(=O)Nc1ccc(S(=O)(=O)N(C)C)cc1. The van der Waals surface area contributed by atoms with Crippen molar-refractivity contribution in [1.29, 1.82) is 0 Å². The van der Waals surface area contributed by atoms with Crippen molar-refractivity contribution in [1.82, 2.24) is 4.31 Å². The summed E-state index contributed by atoms with van der Waals surface area (Å²) in [6.45, 7) is 1.95.